The highest BCUT2D eigenvalue weighted by molar-refractivity contribution is 14.0. The molecule has 0 spiro atoms. The van der Waals surface area contributed by atoms with Gasteiger partial charge in [0.1, 0.15) is 11.5 Å². The number of nitrogens with one attached hydrogen (secondary N) is 2. The van der Waals surface area contributed by atoms with Crippen molar-refractivity contribution in [3.63, 3.8) is 0 Å². The van der Waals surface area contributed by atoms with Crippen molar-refractivity contribution < 1.29 is 27.7 Å². The van der Waals surface area contributed by atoms with Crippen LogP contribution < -0.4 is 29.6 Å². The lowest BCUT2D eigenvalue weighted by Gasteiger charge is -2.15. The van der Waals surface area contributed by atoms with Crippen LogP contribution in [-0.2, 0) is 13.0 Å². The molecule has 0 aliphatic carbocycles. The summed E-state index contributed by atoms with van der Waals surface area (Å²) >= 11 is 0. The number of fused-ring (bicyclic) bond motifs is 1. The first-order valence-electron chi connectivity index (χ1n) is 9.62. The van der Waals surface area contributed by atoms with Gasteiger partial charge in [-0.3, -0.25) is 4.99 Å². The molecule has 0 atom stereocenters. The van der Waals surface area contributed by atoms with E-state index in [0.29, 0.717) is 36.2 Å². The molecule has 0 fully saturated rings. The van der Waals surface area contributed by atoms with Crippen LogP contribution in [0.1, 0.15) is 18.1 Å². The van der Waals surface area contributed by atoms with Gasteiger partial charge in [-0.15, -0.1) is 24.0 Å². The van der Waals surface area contributed by atoms with Crippen LogP contribution in [0, 0.1) is 0 Å². The highest BCUT2D eigenvalue weighted by atomic mass is 127. The molecule has 7 nitrogen and oxygen atoms in total. The highest BCUT2D eigenvalue weighted by Crippen LogP contribution is 2.38. The van der Waals surface area contributed by atoms with Crippen LogP contribution in [0.5, 0.6) is 23.0 Å². The third-order valence-electron chi connectivity index (χ3n) is 4.36. The van der Waals surface area contributed by atoms with Crippen molar-refractivity contribution in [3.8, 4) is 23.0 Å². The molecule has 1 heterocycles. The molecule has 0 saturated heterocycles. The van der Waals surface area contributed by atoms with E-state index < -0.39 is 6.61 Å². The van der Waals surface area contributed by atoms with Gasteiger partial charge in [-0.05, 0) is 37.1 Å². The van der Waals surface area contributed by atoms with E-state index in [4.69, 9.17) is 14.2 Å². The third kappa shape index (κ3) is 7.30. The third-order valence-corrected chi connectivity index (χ3v) is 4.36. The van der Waals surface area contributed by atoms with Gasteiger partial charge in [-0.2, -0.15) is 8.78 Å². The first-order chi connectivity index (χ1) is 14.6. The van der Waals surface area contributed by atoms with Crippen LogP contribution >= 0.6 is 24.0 Å². The Morgan fingerprint density at radius 2 is 1.94 bits per heavy atom. The smallest absolute Gasteiger partial charge is 0.387 e. The number of rotatable bonds is 9. The van der Waals surface area contributed by atoms with E-state index in [1.807, 2.05) is 31.2 Å². The molecule has 170 valence electrons. The van der Waals surface area contributed by atoms with Gasteiger partial charge in [0.2, 0.25) is 6.79 Å². The maximum absolute atomic E-state index is 12.8. The molecule has 1 aliphatic heterocycles. The summed E-state index contributed by atoms with van der Waals surface area (Å²) in [5.74, 6) is 2.28. The molecule has 0 unspecified atom stereocenters. The first-order valence-corrected chi connectivity index (χ1v) is 9.62. The second-order valence-electron chi connectivity index (χ2n) is 6.37. The normalized spacial score (nSPS) is 12.4. The Morgan fingerprint density at radius 1 is 1.16 bits per heavy atom. The fourth-order valence-electron chi connectivity index (χ4n) is 2.99. The van der Waals surface area contributed by atoms with Gasteiger partial charge in [-0.1, -0.05) is 12.1 Å². The lowest BCUT2D eigenvalue weighted by atomic mass is 10.1. The van der Waals surface area contributed by atoms with Gasteiger partial charge < -0.3 is 29.6 Å². The molecule has 0 radical (unpaired) electrons. The number of alkyl halides is 2. The summed E-state index contributed by atoms with van der Waals surface area (Å²) in [5, 5.41) is 6.31. The number of benzene rings is 2. The molecule has 2 aromatic carbocycles. The Balaban J connectivity index is 0.00000341. The number of aliphatic imine (C=N–C) groups is 1. The van der Waals surface area contributed by atoms with E-state index in [0.717, 1.165) is 17.7 Å². The lowest BCUT2D eigenvalue weighted by molar-refractivity contribution is -0.0505. The van der Waals surface area contributed by atoms with Gasteiger partial charge in [-0.25, -0.2) is 0 Å². The Morgan fingerprint density at radius 3 is 2.65 bits per heavy atom. The van der Waals surface area contributed by atoms with Crippen molar-refractivity contribution >= 4 is 29.9 Å². The van der Waals surface area contributed by atoms with Crippen molar-refractivity contribution in [2.75, 3.05) is 27.0 Å². The largest absolute Gasteiger partial charge is 0.494 e. The molecular weight excluding hydrogens is 523 g/mol. The second-order valence-corrected chi connectivity index (χ2v) is 6.37. The fourth-order valence-corrected chi connectivity index (χ4v) is 2.99. The predicted molar refractivity (Wildman–Crippen MR) is 124 cm³/mol. The summed E-state index contributed by atoms with van der Waals surface area (Å²) in [7, 11) is 1.64. The minimum Gasteiger partial charge on any atom is -0.494 e. The summed E-state index contributed by atoms with van der Waals surface area (Å²) in [6.45, 7) is 0.536. The summed E-state index contributed by atoms with van der Waals surface area (Å²) < 4.78 is 46.2. The average Bonchev–Trinajstić information content (AvgIpc) is 3.18. The topological polar surface area (TPSA) is 73.3 Å². The zero-order chi connectivity index (χ0) is 21.3. The summed E-state index contributed by atoms with van der Waals surface area (Å²) in [6, 6.07) is 10.9. The van der Waals surface area contributed by atoms with E-state index in [9.17, 15) is 8.78 Å². The minimum absolute atomic E-state index is 0. The van der Waals surface area contributed by atoms with E-state index in [-0.39, 0.29) is 43.1 Å². The Labute approximate surface area is 197 Å². The Kier molecular flexibility index (Phi) is 9.89. The molecule has 10 heteroatoms. The average molecular weight is 549 g/mol. The van der Waals surface area contributed by atoms with Gasteiger partial charge in [0.15, 0.2) is 17.5 Å². The molecule has 3 rings (SSSR count). The highest BCUT2D eigenvalue weighted by Gasteiger charge is 2.20. The van der Waals surface area contributed by atoms with Crippen molar-refractivity contribution in [3.05, 3.63) is 47.5 Å². The molecule has 2 N–H and O–H groups in total. The number of halogens is 3. The maximum atomic E-state index is 12.8. The molecule has 0 saturated carbocycles. The SMILES string of the molecule is CCOc1cccc(CCNC(=NC)NCc2cc3c(cc2OC(F)F)OCO3)c1.I. The fraction of sp³-hybridized carbons (Fsp3) is 0.381. The molecule has 2 aromatic rings. The summed E-state index contributed by atoms with van der Waals surface area (Å²) in [6.07, 6.45) is 0.769. The lowest BCUT2D eigenvalue weighted by Crippen LogP contribution is -2.38. The van der Waals surface area contributed by atoms with Crippen molar-refractivity contribution in [2.45, 2.75) is 26.5 Å². The van der Waals surface area contributed by atoms with Crippen LogP contribution in [0.2, 0.25) is 0 Å². The standard InChI is InChI=1S/C21H25F2N3O4.HI/c1-3-27-16-6-4-5-14(9-16)7-8-25-21(24-2)26-12-15-10-18-19(29-13-28-18)11-17(15)30-20(22)23;/h4-6,9-11,20H,3,7-8,12-13H2,1-2H3,(H2,24,25,26);1H. The first kappa shape index (κ1) is 24.8. The van der Waals surface area contributed by atoms with E-state index in [1.165, 1.54) is 6.07 Å². The minimum atomic E-state index is -2.94. The monoisotopic (exact) mass is 549 g/mol. The molecule has 1 aliphatic rings. The number of ether oxygens (including phenoxy) is 4. The van der Waals surface area contributed by atoms with E-state index in [2.05, 4.69) is 20.4 Å². The van der Waals surface area contributed by atoms with Gasteiger partial charge in [0.25, 0.3) is 0 Å². The van der Waals surface area contributed by atoms with E-state index >= 15 is 0 Å². The van der Waals surface area contributed by atoms with E-state index in [1.54, 1.807) is 13.1 Å². The summed E-state index contributed by atoms with van der Waals surface area (Å²) in [5.41, 5.74) is 1.64. The van der Waals surface area contributed by atoms with Gasteiger partial charge >= 0.3 is 6.61 Å². The van der Waals surface area contributed by atoms with Crippen LogP contribution in [-0.4, -0.2) is 39.6 Å². The maximum Gasteiger partial charge on any atom is 0.387 e. The molecule has 0 amide bonds. The van der Waals surface area contributed by atoms with Crippen molar-refractivity contribution in [2.24, 2.45) is 4.99 Å². The van der Waals surface area contributed by atoms with Crippen LogP contribution in [0.25, 0.3) is 0 Å². The molecule has 0 aromatic heterocycles. The van der Waals surface area contributed by atoms with Crippen LogP contribution in [0.4, 0.5) is 8.78 Å². The van der Waals surface area contributed by atoms with Crippen molar-refractivity contribution in [1.29, 1.82) is 0 Å². The van der Waals surface area contributed by atoms with Crippen LogP contribution in [0.15, 0.2) is 41.4 Å². The molecule has 0 bridgehead atoms. The number of hydrogen-bond acceptors (Lipinski definition) is 5. The number of hydrogen-bond donors (Lipinski definition) is 2. The Hall–Kier alpha value is -2.50. The Bertz CT molecular complexity index is 884. The van der Waals surface area contributed by atoms with Crippen LogP contribution in [0.3, 0.4) is 0 Å². The summed E-state index contributed by atoms with van der Waals surface area (Å²) in [4.78, 5) is 4.17. The number of nitrogens with zero attached hydrogens (tertiary/aromatic N) is 1. The van der Waals surface area contributed by atoms with Crippen molar-refractivity contribution in [1.82, 2.24) is 10.6 Å². The molecule has 31 heavy (non-hydrogen) atoms. The zero-order valence-corrected chi connectivity index (χ0v) is 19.7. The van der Waals surface area contributed by atoms with Gasteiger partial charge in [0.05, 0.1) is 6.61 Å². The zero-order valence-electron chi connectivity index (χ0n) is 17.3. The van der Waals surface area contributed by atoms with Gasteiger partial charge in [0, 0.05) is 31.8 Å². The molecular formula is C21H26F2IN3O4. The predicted octanol–water partition coefficient (Wildman–Crippen LogP) is 3.94. The number of guanidine groups is 1. The quantitative estimate of drug-likeness (QED) is 0.281. The second kappa shape index (κ2) is 12.4.